The minimum atomic E-state index is -2.35. The molecule has 0 bridgehead atoms. The molecule has 3 rings (SSSR count). The molecule has 0 aromatic heterocycles. The molecule has 0 radical (unpaired) electrons. The fraction of sp³-hybridized carbons (Fsp3) is 0.294. The fourth-order valence-corrected chi connectivity index (χ4v) is 2.81. The van der Waals surface area contributed by atoms with Crippen molar-refractivity contribution in [1.82, 2.24) is 5.32 Å². The van der Waals surface area contributed by atoms with Crippen molar-refractivity contribution in [3.63, 3.8) is 0 Å². The van der Waals surface area contributed by atoms with Gasteiger partial charge in [0, 0.05) is 5.56 Å². The Morgan fingerprint density at radius 3 is 2.50 bits per heavy atom. The molecule has 1 aliphatic carbocycles. The number of benzene rings is 1. The number of nitrogens with one attached hydrogen (secondary N) is 1. The molecule has 4 N–H and O–H groups in total. The maximum atomic E-state index is 12.8. The second-order valence-corrected chi connectivity index (χ2v) is 5.77. The lowest BCUT2D eigenvalue weighted by molar-refractivity contribution is -0.229. The zero-order valence-corrected chi connectivity index (χ0v) is 12.7. The number of hydrogen-bond donors (Lipinski definition) is 4. The van der Waals surface area contributed by atoms with Gasteiger partial charge in [0.25, 0.3) is 5.79 Å². The summed E-state index contributed by atoms with van der Waals surface area (Å²) in [5, 5.41) is 32.9. The number of fused-ring (bicyclic) bond motifs is 1. The second-order valence-electron chi connectivity index (χ2n) is 5.77. The third-order valence-corrected chi connectivity index (χ3v) is 4.24. The first-order valence-corrected chi connectivity index (χ1v) is 7.39. The molecule has 2 atom stereocenters. The molecule has 126 valence electrons. The van der Waals surface area contributed by atoms with Gasteiger partial charge >= 0.3 is 0 Å². The highest BCUT2D eigenvalue weighted by atomic mass is 16.6. The van der Waals surface area contributed by atoms with Crippen molar-refractivity contribution in [3.05, 3.63) is 59.8 Å². The summed E-state index contributed by atoms with van der Waals surface area (Å²) in [6.45, 7) is -1.28. The van der Waals surface area contributed by atoms with Gasteiger partial charge in [-0.3, -0.25) is 9.59 Å². The lowest BCUT2D eigenvalue weighted by atomic mass is 9.83. The van der Waals surface area contributed by atoms with Gasteiger partial charge in [0.1, 0.15) is 5.54 Å². The van der Waals surface area contributed by atoms with Gasteiger partial charge < -0.3 is 25.4 Å². The van der Waals surface area contributed by atoms with Crippen LogP contribution in [0.3, 0.4) is 0 Å². The van der Waals surface area contributed by atoms with E-state index in [0.29, 0.717) is 0 Å². The third kappa shape index (κ3) is 2.38. The smallest absolute Gasteiger partial charge is 0.273 e. The molecule has 0 saturated carbocycles. The van der Waals surface area contributed by atoms with Gasteiger partial charge in [0.15, 0.2) is 11.9 Å². The molecule has 1 aliphatic heterocycles. The minimum absolute atomic E-state index is 0.0322. The molecular formula is C17H17NO6. The predicted molar refractivity (Wildman–Crippen MR) is 82.9 cm³/mol. The van der Waals surface area contributed by atoms with E-state index >= 15 is 0 Å². The Kier molecular flexibility index (Phi) is 4.10. The first kappa shape index (κ1) is 16.5. The SMILES string of the molecule is O=C(c1ccccc1)C1OC2(O)C(=O)C=CC=C2NC1(CO)CO. The summed E-state index contributed by atoms with van der Waals surface area (Å²) in [5.41, 5.74) is -1.34. The van der Waals surface area contributed by atoms with Crippen LogP contribution in [-0.2, 0) is 9.53 Å². The number of morpholine rings is 1. The Morgan fingerprint density at radius 2 is 1.88 bits per heavy atom. The first-order valence-electron chi connectivity index (χ1n) is 7.39. The summed E-state index contributed by atoms with van der Waals surface area (Å²) < 4.78 is 5.46. The van der Waals surface area contributed by atoms with Crippen molar-refractivity contribution < 1.29 is 29.6 Å². The van der Waals surface area contributed by atoms with Gasteiger partial charge in [0.2, 0.25) is 5.78 Å². The molecule has 1 fully saturated rings. The number of ether oxygens (including phenoxy) is 1. The molecule has 0 amide bonds. The predicted octanol–water partition coefficient (Wildman–Crippen LogP) is -0.708. The topological polar surface area (TPSA) is 116 Å². The number of carbonyl (C=O) groups is 2. The number of ketones is 2. The molecule has 2 aliphatic rings. The Hall–Kier alpha value is -2.32. The third-order valence-electron chi connectivity index (χ3n) is 4.24. The lowest BCUT2D eigenvalue weighted by Crippen LogP contribution is -2.72. The van der Waals surface area contributed by atoms with E-state index in [0.717, 1.165) is 6.08 Å². The molecule has 7 heteroatoms. The number of Topliss-reactive ketones (excluding diaryl/α,β-unsaturated/α-hetero) is 1. The standard InChI is InChI=1S/C17H17NO6/c19-9-16(10-20)15(14(22)11-5-2-1-3-6-11)24-17(23)12(18-16)7-4-8-13(17)21/h1-8,15,18-20,23H,9-10H2. The number of allylic oxidation sites excluding steroid dienone is 2. The number of aliphatic hydroxyl groups excluding tert-OH is 2. The van der Waals surface area contributed by atoms with Gasteiger partial charge in [-0.25, -0.2) is 0 Å². The van der Waals surface area contributed by atoms with Crippen molar-refractivity contribution in [2.45, 2.75) is 17.4 Å². The van der Waals surface area contributed by atoms with Crippen LogP contribution in [0.4, 0.5) is 0 Å². The summed E-state index contributed by atoms with van der Waals surface area (Å²) in [4.78, 5) is 24.9. The van der Waals surface area contributed by atoms with E-state index < -0.39 is 42.2 Å². The highest BCUT2D eigenvalue weighted by Crippen LogP contribution is 2.35. The Bertz CT molecular complexity index is 722. The van der Waals surface area contributed by atoms with E-state index in [4.69, 9.17) is 4.74 Å². The molecule has 0 spiro atoms. The largest absolute Gasteiger partial charge is 0.394 e. The maximum Gasteiger partial charge on any atom is 0.273 e. The molecule has 1 saturated heterocycles. The monoisotopic (exact) mass is 331 g/mol. The van der Waals surface area contributed by atoms with E-state index in [9.17, 15) is 24.9 Å². The lowest BCUT2D eigenvalue weighted by Gasteiger charge is -2.49. The second kappa shape index (κ2) is 5.95. The Labute approximate surface area is 137 Å². The van der Waals surface area contributed by atoms with Crippen molar-refractivity contribution >= 4 is 11.6 Å². The van der Waals surface area contributed by atoms with Crippen LogP contribution in [0, 0.1) is 0 Å². The van der Waals surface area contributed by atoms with Gasteiger partial charge in [-0.2, -0.15) is 0 Å². The normalized spacial score (nSPS) is 27.9. The number of carbonyl (C=O) groups excluding carboxylic acids is 2. The van der Waals surface area contributed by atoms with Crippen molar-refractivity contribution in [1.29, 1.82) is 0 Å². The zero-order chi connectivity index (χ0) is 17.4. The minimum Gasteiger partial charge on any atom is -0.394 e. The maximum absolute atomic E-state index is 12.8. The highest BCUT2D eigenvalue weighted by Gasteiger charge is 2.57. The van der Waals surface area contributed by atoms with Gasteiger partial charge in [-0.05, 0) is 12.2 Å². The van der Waals surface area contributed by atoms with Crippen molar-refractivity contribution in [3.8, 4) is 0 Å². The number of aliphatic hydroxyl groups is 3. The van der Waals surface area contributed by atoms with Crippen LogP contribution >= 0.6 is 0 Å². The summed E-state index contributed by atoms with van der Waals surface area (Å²) in [6.07, 6.45) is 2.46. The molecule has 7 nitrogen and oxygen atoms in total. The van der Waals surface area contributed by atoms with Crippen molar-refractivity contribution in [2.75, 3.05) is 13.2 Å². The molecule has 2 unspecified atom stereocenters. The van der Waals surface area contributed by atoms with Crippen LogP contribution < -0.4 is 5.32 Å². The van der Waals surface area contributed by atoms with E-state index in [1.807, 2.05) is 0 Å². The van der Waals surface area contributed by atoms with E-state index in [2.05, 4.69) is 5.32 Å². The van der Waals surface area contributed by atoms with Crippen LogP contribution in [-0.4, -0.2) is 57.5 Å². The van der Waals surface area contributed by atoms with E-state index in [1.165, 1.54) is 12.2 Å². The number of hydrogen-bond acceptors (Lipinski definition) is 7. The molecule has 24 heavy (non-hydrogen) atoms. The fourth-order valence-electron chi connectivity index (χ4n) is 2.81. The van der Waals surface area contributed by atoms with E-state index in [1.54, 1.807) is 30.3 Å². The molecule has 1 aromatic rings. The number of rotatable bonds is 4. The first-order chi connectivity index (χ1) is 11.5. The van der Waals surface area contributed by atoms with Crippen LogP contribution in [0.5, 0.6) is 0 Å². The van der Waals surface area contributed by atoms with E-state index in [-0.39, 0.29) is 11.3 Å². The Balaban J connectivity index is 2.05. The molecule has 1 heterocycles. The summed E-state index contributed by atoms with van der Waals surface area (Å²) in [6, 6.07) is 8.12. The highest BCUT2D eigenvalue weighted by molar-refractivity contribution is 6.03. The summed E-state index contributed by atoms with van der Waals surface area (Å²) >= 11 is 0. The average molecular weight is 331 g/mol. The quantitative estimate of drug-likeness (QED) is 0.539. The van der Waals surface area contributed by atoms with Gasteiger partial charge in [-0.1, -0.05) is 36.4 Å². The van der Waals surface area contributed by atoms with Crippen LogP contribution in [0.15, 0.2) is 54.3 Å². The summed E-state index contributed by atoms with van der Waals surface area (Å²) in [7, 11) is 0. The Morgan fingerprint density at radius 1 is 1.21 bits per heavy atom. The average Bonchev–Trinajstić information content (AvgIpc) is 2.62. The summed E-state index contributed by atoms with van der Waals surface area (Å²) in [5.74, 6) is -3.67. The van der Waals surface area contributed by atoms with Crippen molar-refractivity contribution in [2.24, 2.45) is 0 Å². The zero-order valence-electron chi connectivity index (χ0n) is 12.7. The molecular weight excluding hydrogens is 314 g/mol. The van der Waals surface area contributed by atoms with Crippen LogP contribution in [0.25, 0.3) is 0 Å². The van der Waals surface area contributed by atoms with Gasteiger partial charge in [0.05, 0.1) is 18.9 Å². The van der Waals surface area contributed by atoms with Crippen LogP contribution in [0.1, 0.15) is 10.4 Å². The van der Waals surface area contributed by atoms with Crippen LogP contribution in [0.2, 0.25) is 0 Å². The van der Waals surface area contributed by atoms with Gasteiger partial charge in [-0.15, -0.1) is 0 Å². The molecule has 1 aromatic carbocycles.